The van der Waals surface area contributed by atoms with Crippen molar-refractivity contribution in [2.45, 2.75) is 10.7 Å². The summed E-state index contributed by atoms with van der Waals surface area (Å²) < 4.78 is 6.76. The van der Waals surface area contributed by atoms with E-state index in [0.29, 0.717) is 0 Å². The summed E-state index contributed by atoms with van der Waals surface area (Å²) in [4.78, 5) is 20.9. The average molecular weight is 347 g/mol. The fourth-order valence-corrected chi connectivity index (χ4v) is 0.822. The molecule has 1 N–H and O–H groups in total. The molecule has 1 saturated heterocycles. The molecule has 5 nitrogen and oxygen atoms in total. The molecule has 0 aromatic rings. The maximum atomic E-state index is 10.5. The number of hydrogen-bond donors (Lipinski definition) is 1. The van der Waals surface area contributed by atoms with Crippen LogP contribution in [0.5, 0.6) is 0 Å². The van der Waals surface area contributed by atoms with Crippen molar-refractivity contribution in [1.82, 2.24) is 5.32 Å². The van der Waals surface area contributed by atoms with Crippen molar-refractivity contribution < 1.29 is 19.1 Å². The Morgan fingerprint density at radius 3 is 1.90 bits per heavy atom. The van der Waals surface area contributed by atoms with Crippen LogP contribution in [-0.4, -0.2) is 42.0 Å². The van der Waals surface area contributed by atoms with Crippen LogP contribution in [0.2, 0.25) is 0 Å². The van der Waals surface area contributed by atoms with E-state index in [9.17, 15) is 9.59 Å². The molecule has 0 spiro atoms. The number of ether oxygens (including phenoxy) is 2. The zero-order chi connectivity index (χ0) is 16.0. The van der Waals surface area contributed by atoms with Crippen LogP contribution in [0.3, 0.4) is 0 Å². The van der Waals surface area contributed by atoms with E-state index in [1.54, 1.807) is 6.08 Å². The first-order valence-electron chi connectivity index (χ1n) is 5.60. The normalized spacial score (nSPS) is 13.6. The molecule has 0 unspecified atom stereocenters. The fraction of sp³-hybridized carbons (Fsp3) is 0.500. The monoisotopic (exact) mass is 345 g/mol. The van der Waals surface area contributed by atoms with Gasteiger partial charge in [0.2, 0.25) is 0 Å². The highest BCUT2D eigenvalue weighted by atomic mass is 35.6. The zero-order valence-corrected chi connectivity index (χ0v) is 13.4. The summed E-state index contributed by atoms with van der Waals surface area (Å²) in [5.41, 5.74) is 0. The highest BCUT2D eigenvalue weighted by Gasteiger charge is 2.33. The number of nitrogens with one attached hydrogen (secondary N) is 1. The van der Waals surface area contributed by atoms with E-state index < -0.39 is 15.7 Å². The Balaban J connectivity index is 0. The van der Waals surface area contributed by atoms with Gasteiger partial charge in [0.25, 0.3) is 3.79 Å². The van der Waals surface area contributed by atoms with Crippen LogP contribution in [0.4, 0.5) is 0 Å². The first-order valence-corrected chi connectivity index (χ1v) is 6.73. The first-order chi connectivity index (χ1) is 9.29. The van der Waals surface area contributed by atoms with Crippen LogP contribution in [0, 0.1) is 0 Å². The summed E-state index contributed by atoms with van der Waals surface area (Å²) in [7, 11) is 0. The third kappa shape index (κ3) is 15.5. The molecule has 116 valence electrons. The second-order valence-corrected chi connectivity index (χ2v) is 5.46. The molecular weight excluding hydrogens is 328 g/mol. The molecule has 0 radical (unpaired) electrons. The minimum absolute atomic E-state index is 0.786. The lowest BCUT2D eigenvalue weighted by atomic mass is 10.5. The number of rotatable bonds is 1. The third-order valence-electron chi connectivity index (χ3n) is 1.44. The largest absolute Gasteiger partial charge is 0.387 e. The van der Waals surface area contributed by atoms with Crippen LogP contribution in [0.25, 0.3) is 0 Å². The van der Waals surface area contributed by atoms with E-state index in [1.807, 2.05) is 6.92 Å². The Morgan fingerprint density at radius 2 is 1.70 bits per heavy atom. The molecule has 1 fully saturated rings. The van der Waals surface area contributed by atoms with Crippen LogP contribution >= 0.6 is 34.8 Å². The molecular formula is C12H18Cl3NO4. The maximum Gasteiger partial charge on any atom is 0.366 e. The number of carbonyl (C=O) groups excluding carboxylic acids is 2. The van der Waals surface area contributed by atoms with Gasteiger partial charge in [0.15, 0.2) is 0 Å². The topological polar surface area (TPSA) is 64.6 Å². The molecule has 1 aliphatic heterocycles. The molecule has 0 bridgehead atoms. The number of esters is 2. The molecule has 0 saturated carbocycles. The van der Waals surface area contributed by atoms with Crippen molar-refractivity contribution in [2.75, 3.05) is 26.3 Å². The van der Waals surface area contributed by atoms with Crippen LogP contribution in [0.15, 0.2) is 25.3 Å². The van der Waals surface area contributed by atoms with Crippen molar-refractivity contribution in [3.05, 3.63) is 25.3 Å². The molecule has 0 amide bonds. The molecule has 1 heterocycles. The Labute approximate surface area is 133 Å². The Morgan fingerprint density at radius 1 is 1.25 bits per heavy atom. The number of halogens is 3. The van der Waals surface area contributed by atoms with E-state index in [1.165, 1.54) is 0 Å². The number of morpholine rings is 1. The number of carbonyl (C=O) groups is 2. The standard InChI is InChI=1S/C5H3Cl3O3.C4H9NO.C3H6/c1-2-3(9)11-4(10)5(6,7)8;1-3-6-4-2-5-1;1-3-2/h2H,1H2;5H,1-4H2;3H,1H2,2H3. The van der Waals surface area contributed by atoms with Gasteiger partial charge in [-0.15, -0.1) is 6.58 Å². The molecule has 1 aliphatic rings. The van der Waals surface area contributed by atoms with E-state index in [4.69, 9.17) is 39.5 Å². The molecule has 0 aromatic heterocycles. The SMILES string of the molecule is C1COCCN1.C=CC.C=CC(=O)OC(=O)C(Cl)(Cl)Cl. The Bertz CT molecular complexity index is 301. The summed E-state index contributed by atoms with van der Waals surface area (Å²) in [6.07, 6.45) is 2.54. The lowest BCUT2D eigenvalue weighted by Gasteiger charge is -2.10. The number of alkyl halides is 3. The van der Waals surface area contributed by atoms with Crippen molar-refractivity contribution >= 4 is 46.7 Å². The maximum absolute atomic E-state index is 10.5. The van der Waals surface area contributed by atoms with E-state index >= 15 is 0 Å². The Kier molecular flexibility index (Phi) is 14.5. The van der Waals surface area contributed by atoms with Crippen molar-refractivity contribution in [3.8, 4) is 0 Å². The molecule has 20 heavy (non-hydrogen) atoms. The number of hydrogen-bond acceptors (Lipinski definition) is 5. The predicted octanol–water partition coefficient (Wildman–Crippen LogP) is 2.41. The van der Waals surface area contributed by atoms with Gasteiger partial charge >= 0.3 is 11.9 Å². The zero-order valence-electron chi connectivity index (χ0n) is 11.2. The molecule has 0 aliphatic carbocycles. The van der Waals surface area contributed by atoms with Gasteiger partial charge in [-0.3, -0.25) is 0 Å². The second-order valence-electron chi connectivity index (χ2n) is 3.18. The van der Waals surface area contributed by atoms with Gasteiger partial charge in [-0.05, 0) is 6.92 Å². The summed E-state index contributed by atoms with van der Waals surface area (Å²) in [5, 5.41) is 3.16. The fourth-order valence-electron chi connectivity index (χ4n) is 0.707. The second kappa shape index (κ2) is 13.4. The van der Waals surface area contributed by atoms with E-state index in [2.05, 4.69) is 23.2 Å². The van der Waals surface area contributed by atoms with Gasteiger partial charge < -0.3 is 14.8 Å². The molecule has 1 rings (SSSR count). The summed E-state index contributed by atoms with van der Waals surface area (Å²) in [6.45, 7) is 12.1. The number of allylic oxidation sites excluding steroid dienone is 1. The summed E-state index contributed by atoms with van der Waals surface area (Å²) in [5.74, 6) is -2.20. The van der Waals surface area contributed by atoms with Crippen LogP contribution < -0.4 is 5.32 Å². The molecule has 8 heteroatoms. The van der Waals surface area contributed by atoms with Crippen LogP contribution in [-0.2, 0) is 19.1 Å². The minimum atomic E-state index is -2.22. The van der Waals surface area contributed by atoms with Gasteiger partial charge in [0.1, 0.15) is 0 Å². The van der Waals surface area contributed by atoms with Gasteiger partial charge in [-0.1, -0.05) is 47.5 Å². The van der Waals surface area contributed by atoms with Crippen molar-refractivity contribution in [2.24, 2.45) is 0 Å². The predicted molar refractivity (Wildman–Crippen MR) is 81.1 cm³/mol. The van der Waals surface area contributed by atoms with Gasteiger partial charge in [-0.25, -0.2) is 9.59 Å². The van der Waals surface area contributed by atoms with Crippen LogP contribution in [0.1, 0.15) is 6.92 Å². The minimum Gasteiger partial charge on any atom is -0.387 e. The van der Waals surface area contributed by atoms with E-state index in [-0.39, 0.29) is 0 Å². The third-order valence-corrected chi connectivity index (χ3v) is 1.90. The lowest BCUT2D eigenvalue weighted by molar-refractivity contribution is -0.155. The van der Waals surface area contributed by atoms with Crippen molar-refractivity contribution in [1.29, 1.82) is 0 Å². The highest BCUT2D eigenvalue weighted by Crippen LogP contribution is 2.27. The quantitative estimate of drug-likeness (QED) is 0.260. The molecule has 0 aromatic carbocycles. The van der Waals surface area contributed by atoms with Crippen molar-refractivity contribution in [3.63, 3.8) is 0 Å². The average Bonchev–Trinajstić information content (AvgIpc) is 2.41. The Hall–Kier alpha value is -0.590. The lowest BCUT2D eigenvalue weighted by Crippen LogP contribution is -2.30. The summed E-state index contributed by atoms with van der Waals surface area (Å²) in [6, 6.07) is 0. The first kappa shape index (κ1) is 21.7. The molecule has 0 atom stereocenters. The highest BCUT2D eigenvalue weighted by molar-refractivity contribution is 6.75. The van der Waals surface area contributed by atoms with Gasteiger partial charge in [0, 0.05) is 19.2 Å². The van der Waals surface area contributed by atoms with Gasteiger partial charge in [-0.2, -0.15) is 0 Å². The summed E-state index contributed by atoms with van der Waals surface area (Å²) >= 11 is 15.2. The van der Waals surface area contributed by atoms with E-state index in [0.717, 1.165) is 32.4 Å². The smallest absolute Gasteiger partial charge is 0.366 e. The van der Waals surface area contributed by atoms with Gasteiger partial charge in [0.05, 0.1) is 13.2 Å².